The normalized spacial score (nSPS) is 20.4. The lowest BCUT2D eigenvalue weighted by Crippen LogP contribution is -2.26. The molecule has 2 heterocycles. The molecule has 1 aromatic carbocycles. The second kappa shape index (κ2) is 4.72. The molecule has 6 heteroatoms. The minimum Gasteiger partial charge on any atom is -0.478 e. The molecule has 102 valence electrons. The number of hydrogen-bond donors (Lipinski definition) is 1. The molecule has 0 saturated heterocycles. The predicted molar refractivity (Wildman–Crippen MR) is 78.1 cm³/mol. The van der Waals surface area contributed by atoms with Gasteiger partial charge in [-0.15, -0.1) is 0 Å². The topological polar surface area (TPSA) is 70.0 Å². The summed E-state index contributed by atoms with van der Waals surface area (Å²) in [6.45, 7) is 0. The van der Waals surface area contributed by atoms with Crippen molar-refractivity contribution in [2.45, 2.75) is 6.42 Å². The lowest BCUT2D eigenvalue weighted by atomic mass is 9.96. The number of aliphatic imine (C=N–C) groups is 1. The number of hydrogen-bond acceptors (Lipinski definition) is 4. The van der Waals surface area contributed by atoms with E-state index in [2.05, 4.69) is 4.99 Å². The van der Waals surface area contributed by atoms with Gasteiger partial charge in [0.05, 0.1) is 22.1 Å². The quantitative estimate of drug-likeness (QED) is 0.840. The molecule has 1 unspecified atom stereocenters. The molecule has 0 spiro atoms. The molecule has 0 aromatic heterocycles. The highest BCUT2D eigenvalue weighted by Gasteiger charge is 2.34. The zero-order chi connectivity index (χ0) is 14.3. The Balaban J connectivity index is 2.25. The van der Waals surface area contributed by atoms with Crippen LogP contribution >= 0.6 is 0 Å². The number of benzene rings is 1. The van der Waals surface area contributed by atoms with E-state index in [1.165, 1.54) is 5.41 Å². The van der Waals surface area contributed by atoms with Crippen LogP contribution in [0.2, 0.25) is 0 Å². The van der Waals surface area contributed by atoms with E-state index in [1.807, 2.05) is 18.2 Å². The van der Waals surface area contributed by atoms with E-state index < -0.39 is 16.8 Å². The third kappa shape index (κ3) is 1.80. The number of nitrogens with zero attached hydrogens (tertiary/aromatic N) is 2. The smallest absolute Gasteiger partial charge is 0.334 e. The van der Waals surface area contributed by atoms with Crippen LogP contribution in [0.3, 0.4) is 0 Å². The fourth-order valence-corrected chi connectivity index (χ4v) is 3.62. The number of rotatable bonds is 2. The van der Waals surface area contributed by atoms with Gasteiger partial charge in [-0.25, -0.2) is 9.00 Å². The largest absolute Gasteiger partial charge is 0.478 e. The molecule has 3 rings (SSSR count). The number of carbonyl (C=O) groups is 1. The van der Waals surface area contributed by atoms with Crippen molar-refractivity contribution in [3.05, 3.63) is 51.5 Å². The molecule has 2 aliphatic rings. The fourth-order valence-electron chi connectivity index (χ4n) is 2.51. The van der Waals surface area contributed by atoms with Gasteiger partial charge in [-0.3, -0.25) is 4.99 Å². The average molecular weight is 288 g/mol. The van der Waals surface area contributed by atoms with Crippen molar-refractivity contribution in [1.29, 1.82) is 0 Å². The van der Waals surface area contributed by atoms with Crippen molar-refractivity contribution in [3.8, 4) is 0 Å². The SMILES string of the molecule is CN=Cc1cccc2c1N1C=CS(=O)C1=C(C(=O)O)C2. The van der Waals surface area contributed by atoms with Gasteiger partial charge < -0.3 is 10.0 Å². The van der Waals surface area contributed by atoms with Crippen LogP contribution in [0.4, 0.5) is 5.69 Å². The Morgan fingerprint density at radius 1 is 1.50 bits per heavy atom. The number of aliphatic carboxylic acids is 1. The number of para-hydroxylation sites is 1. The van der Waals surface area contributed by atoms with Gasteiger partial charge in [0.2, 0.25) is 0 Å². The molecule has 1 aromatic rings. The maximum atomic E-state index is 12.0. The first-order chi connectivity index (χ1) is 9.63. The first-order valence-electron chi connectivity index (χ1n) is 6.02. The third-order valence-corrected chi connectivity index (χ3v) is 4.48. The van der Waals surface area contributed by atoms with Crippen LogP contribution in [-0.2, 0) is 22.0 Å². The minimum atomic E-state index is -1.41. The summed E-state index contributed by atoms with van der Waals surface area (Å²) in [7, 11) is 0.270. The highest BCUT2D eigenvalue weighted by atomic mass is 32.2. The molecule has 0 radical (unpaired) electrons. The summed E-state index contributed by atoms with van der Waals surface area (Å²) in [4.78, 5) is 17.1. The van der Waals surface area contributed by atoms with Crippen molar-refractivity contribution in [2.75, 3.05) is 11.9 Å². The van der Waals surface area contributed by atoms with E-state index >= 15 is 0 Å². The summed E-state index contributed by atoms with van der Waals surface area (Å²) in [6.07, 6.45) is 3.66. The Morgan fingerprint density at radius 3 is 3.00 bits per heavy atom. The van der Waals surface area contributed by atoms with Crippen LogP contribution < -0.4 is 4.90 Å². The second-order valence-electron chi connectivity index (χ2n) is 4.46. The van der Waals surface area contributed by atoms with Gasteiger partial charge in [0.15, 0.2) is 0 Å². The highest BCUT2D eigenvalue weighted by molar-refractivity contribution is 7.92. The standard InChI is InChI=1S/C14H12N2O3S/c1-15-8-10-4-2-3-9-7-11(14(17)18)13-16(12(9)10)5-6-20(13)19/h2-6,8H,7H2,1H3,(H,17,18). The maximum absolute atomic E-state index is 12.0. The Morgan fingerprint density at radius 2 is 2.30 bits per heavy atom. The van der Waals surface area contributed by atoms with Crippen LogP contribution in [0, 0.1) is 0 Å². The number of carboxylic acid groups (broad SMARTS) is 1. The van der Waals surface area contributed by atoms with Crippen LogP contribution in [0.5, 0.6) is 0 Å². The van der Waals surface area contributed by atoms with Crippen LogP contribution in [0.15, 0.2) is 45.4 Å². The molecule has 0 aliphatic carbocycles. The molecular formula is C14H12N2O3S. The first-order valence-corrected chi connectivity index (χ1v) is 7.23. The summed E-state index contributed by atoms with van der Waals surface area (Å²) in [5.74, 6) is -1.03. The highest BCUT2D eigenvalue weighted by Crippen LogP contribution is 2.40. The lowest BCUT2D eigenvalue weighted by molar-refractivity contribution is -0.132. The van der Waals surface area contributed by atoms with Crippen molar-refractivity contribution in [3.63, 3.8) is 0 Å². The van der Waals surface area contributed by atoms with E-state index in [0.717, 1.165) is 16.8 Å². The number of carboxylic acids is 1. The molecule has 0 amide bonds. The average Bonchev–Trinajstić information content (AvgIpc) is 2.80. The Kier molecular flexibility index (Phi) is 3.02. The van der Waals surface area contributed by atoms with Crippen molar-refractivity contribution in [2.24, 2.45) is 4.99 Å². The van der Waals surface area contributed by atoms with Gasteiger partial charge in [-0.05, 0) is 5.56 Å². The van der Waals surface area contributed by atoms with Crippen LogP contribution in [0.1, 0.15) is 11.1 Å². The van der Waals surface area contributed by atoms with Gasteiger partial charge >= 0.3 is 5.97 Å². The molecule has 0 fully saturated rings. The van der Waals surface area contributed by atoms with Crippen molar-refractivity contribution >= 4 is 28.7 Å². The zero-order valence-electron chi connectivity index (χ0n) is 10.7. The summed E-state index contributed by atoms with van der Waals surface area (Å²) >= 11 is 0. The van der Waals surface area contributed by atoms with Gasteiger partial charge in [-0.1, -0.05) is 18.2 Å². The number of anilines is 1. The summed E-state index contributed by atoms with van der Waals surface area (Å²) in [5, 5.41) is 11.2. The van der Waals surface area contributed by atoms with Crippen LogP contribution in [-0.4, -0.2) is 28.5 Å². The molecule has 1 atom stereocenters. The second-order valence-corrected chi connectivity index (χ2v) is 5.71. The molecular weight excluding hydrogens is 276 g/mol. The maximum Gasteiger partial charge on any atom is 0.334 e. The molecule has 0 saturated carbocycles. The molecule has 5 nitrogen and oxygen atoms in total. The summed E-state index contributed by atoms with van der Waals surface area (Å²) in [5.41, 5.74) is 2.83. The summed E-state index contributed by atoms with van der Waals surface area (Å²) in [6, 6.07) is 5.67. The lowest BCUT2D eigenvalue weighted by Gasteiger charge is -2.28. The predicted octanol–water partition coefficient (Wildman–Crippen LogP) is 1.63. The molecule has 1 N–H and O–H groups in total. The summed E-state index contributed by atoms with van der Waals surface area (Å²) < 4.78 is 12.0. The van der Waals surface area contributed by atoms with E-state index in [0.29, 0.717) is 5.03 Å². The van der Waals surface area contributed by atoms with Gasteiger partial charge in [0, 0.05) is 36.9 Å². The van der Waals surface area contributed by atoms with E-state index in [4.69, 9.17) is 0 Å². The zero-order valence-corrected chi connectivity index (χ0v) is 11.6. The monoisotopic (exact) mass is 288 g/mol. The van der Waals surface area contributed by atoms with Gasteiger partial charge in [-0.2, -0.15) is 0 Å². The molecule has 2 aliphatic heterocycles. The van der Waals surface area contributed by atoms with E-state index in [9.17, 15) is 14.1 Å². The fraction of sp³-hybridized carbons (Fsp3) is 0.143. The van der Waals surface area contributed by atoms with Gasteiger partial charge in [0.25, 0.3) is 0 Å². The Hall–Kier alpha value is -2.21. The number of fused-ring (bicyclic) bond motifs is 3. The van der Waals surface area contributed by atoms with Crippen LogP contribution in [0.25, 0.3) is 0 Å². The molecule has 20 heavy (non-hydrogen) atoms. The third-order valence-electron chi connectivity index (χ3n) is 3.29. The minimum absolute atomic E-state index is 0.187. The van der Waals surface area contributed by atoms with E-state index in [-0.39, 0.29) is 12.0 Å². The van der Waals surface area contributed by atoms with E-state index in [1.54, 1.807) is 24.4 Å². The van der Waals surface area contributed by atoms with Crippen molar-refractivity contribution in [1.82, 2.24) is 0 Å². The first kappa shape index (κ1) is 12.8. The molecule has 0 bridgehead atoms. The van der Waals surface area contributed by atoms with Crippen molar-refractivity contribution < 1.29 is 14.1 Å². The van der Waals surface area contributed by atoms with Gasteiger partial charge in [0.1, 0.15) is 5.03 Å². The Labute approximate surface area is 118 Å². The Bertz CT molecular complexity index is 719.